The van der Waals surface area contributed by atoms with Crippen molar-refractivity contribution in [1.29, 1.82) is 0 Å². The number of amides is 1. The van der Waals surface area contributed by atoms with Crippen molar-refractivity contribution >= 4 is 21.8 Å². The molecule has 0 rings (SSSR count). The van der Waals surface area contributed by atoms with Crippen molar-refractivity contribution in [2.24, 2.45) is 11.7 Å². The van der Waals surface area contributed by atoms with Gasteiger partial charge in [0, 0.05) is 23.5 Å². The topological polar surface area (TPSA) is 55.1 Å². The molecule has 3 nitrogen and oxygen atoms in total. The molecule has 64 valence electrons. The third kappa shape index (κ3) is 6.06. The normalized spacial score (nSPS) is 12.5. The Bertz CT molecular complexity index is 159. The van der Waals surface area contributed by atoms with Gasteiger partial charge < -0.3 is 11.1 Å². The van der Waals surface area contributed by atoms with E-state index in [1.165, 1.54) is 0 Å². The highest BCUT2D eigenvalue weighted by atomic mass is 79.9. The summed E-state index contributed by atoms with van der Waals surface area (Å²) in [5.74, 6) is -0.403. The van der Waals surface area contributed by atoms with E-state index < -0.39 is 0 Å². The van der Waals surface area contributed by atoms with Crippen molar-refractivity contribution in [3.63, 3.8) is 0 Å². The van der Waals surface area contributed by atoms with Crippen LogP contribution in [-0.2, 0) is 4.79 Å². The van der Waals surface area contributed by atoms with E-state index in [4.69, 9.17) is 5.73 Å². The highest BCUT2D eigenvalue weighted by molar-refractivity contribution is 9.11. The van der Waals surface area contributed by atoms with Gasteiger partial charge in [-0.25, -0.2) is 0 Å². The lowest BCUT2D eigenvalue weighted by atomic mass is 10.2. The Hall–Kier alpha value is -0.350. The fourth-order valence-corrected chi connectivity index (χ4v) is 0.723. The third-order valence-corrected chi connectivity index (χ3v) is 1.53. The van der Waals surface area contributed by atoms with Crippen molar-refractivity contribution in [3.8, 4) is 0 Å². The summed E-state index contributed by atoms with van der Waals surface area (Å²) < 4.78 is 0.870. The fourth-order valence-electron chi connectivity index (χ4n) is 0.525. The Morgan fingerprint density at radius 2 is 2.36 bits per heavy atom. The molecular weight excluding hydrogens is 208 g/mol. The summed E-state index contributed by atoms with van der Waals surface area (Å²) in [5, 5.41) is 3.02. The minimum atomic E-state index is -0.280. The predicted molar refractivity (Wildman–Crippen MR) is 49.3 cm³/mol. The van der Waals surface area contributed by atoms with Crippen molar-refractivity contribution < 1.29 is 4.79 Å². The van der Waals surface area contributed by atoms with Gasteiger partial charge in [0.25, 0.3) is 0 Å². The number of carbonyl (C=O) groups excluding carboxylic acids is 1. The maximum atomic E-state index is 10.5. The number of rotatable bonds is 5. The molecule has 0 aromatic heterocycles. The van der Waals surface area contributed by atoms with Gasteiger partial charge in [0.1, 0.15) is 0 Å². The first kappa shape index (κ1) is 10.7. The zero-order valence-electron chi connectivity index (χ0n) is 6.56. The molecule has 0 aromatic rings. The molecule has 1 unspecified atom stereocenters. The van der Waals surface area contributed by atoms with Gasteiger partial charge in [-0.15, -0.1) is 0 Å². The first-order chi connectivity index (χ1) is 5.04. The Morgan fingerprint density at radius 1 is 1.82 bits per heavy atom. The summed E-state index contributed by atoms with van der Waals surface area (Å²) >= 11 is 3.19. The van der Waals surface area contributed by atoms with E-state index >= 15 is 0 Å². The number of nitrogens with two attached hydrogens (primary N) is 1. The van der Waals surface area contributed by atoms with Gasteiger partial charge in [-0.3, -0.25) is 4.79 Å². The highest BCUT2D eigenvalue weighted by Crippen LogP contribution is 1.97. The molecule has 0 saturated heterocycles. The van der Waals surface area contributed by atoms with Gasteiger partial charge in [-0.1, -0.05) is 29.4 Å². The number of halogens is 1. The first-order valence-electron chi connectivity index (χ1n) is 3.37. The Kier molecular flexibility index (Phi) is 5.15. The van der Waals surface area contributed by atoms with Crippen LogP contribution in [-0.4, -0.2) is 19.0 Å². The monoisotopic (exact) mass is 220 g/mol. The largest absolute Gasteiger partial charge is 0.369 e. The quantitative estimate of drug-likeness (QED) is 0.714. The zero-order valence-corrected chi connectivity index (χ0v) is 8.15. The second-order valence-corrected chi connectivity index (χ2v) is 3.57. The van der Waals surface area contributed by atoms with Crippen molar-refractivity contribution in [2.75, 3.05) is 13.1 Å². The minimum absolute atomic E-state index is 0.123. The van der Waals surface area contributed by atoms with E-state index in [1.54, 1.807) is 6.92 Å². The zero-order chi connectivity index (χ0) is 8.85. The van der Waals surface area contributed by atoms with Crippen molar-refractivity contribution in [3.05, 3.63) is 11.1 Å². The van der Waals surface area contributed by atoms with E-state index in [1.807, 2.05) is 0 Å². The first-order valence-corrected chi connectivity index (χ1v) is 4.16. The van der Waals surface area contributed by atoms with Crippen LogP contribution < -0.4 is 11.1 Å². The van der Waals surface area contributed by atoms with Gasteiger partial charge in [0.2, 0.25) is 5.91 Å². The summed E-state index contributed by atoms with van der Waals surface area (Å²) in [4.78, 5) is 10.5. The van der Waals surface area contributed by atoms with Crippen LogP contribution in [0.4, 0.5) is 0 Å². The lowest BCUT2D eigenvalue weighted by Crippen LogP contribution is -2.31. The summed E-state index contributed by atoms with van der Waals surface area (Å²) in [6.07, 6.45) is 0. The van der Waals surface area contributed by atoms with E-state index in [0.29, 0.717) is 13.1 Å². The summed E-state index contributed by atoms with van der Waals surface area (Å²) in [6, 6.07) is 0. The van der Waals surface area contributed by atoms with Gasteiger partial charge in [-0.2, -0.15) is 0 Å². The Labute approximate surface area is 75.2 Å². The maximum Gasteiger partial charge on any atom is 0.221 e. The van der Waals surface area contributed by atoms with E-state index in [0.717, 1.165) is 4.48 Å². The number of carbonyl (C=O) groups is 1. The third-order valence-electron chi connectivity index (χ3n) is 1.25. The molecule has 0 bridgehead atoms. The molecule has 0 aromatic carbocycles. The van der Waals surface area contributed by atoms with Crippen molar-refractivity contribution in [1.82, 2.24) is 5.32 Å². The molecule has 3 N–H and O–H groups in total. The molecule has 0 spiro atoms. The average molecular weight is 221 g/mol. The molecule has 0 heterocycles. The SMILES string of the molecule is C=C(Br)CNCC(C)C(N)=O. The number of hydrogen-bond donors (Lipinski definition) is 2. The average Bonchev–Trinajstić information content (AvgIpc) is 1.86. The maximum absolute atomic E-state index is 10.5. The number of primary amides is 1. The minimum Gasteiger partial charge on any atom is -0.369 e. The van der Waals surface area contributed by atoms with Gasteiger partial charge >= 0.3 is 0 Å². The smallest absolute Gasteiger partial charge is 0.221 e. The van der Waals surface area contributed by atoms with Crippen LogP contribution in [0.1, 0.15) is 6.92 Å². The lowest BCUT2D eigenvalue weighted by molar-refractivity contribution is -0.121. The fraction of sp³-hybridized carbons (Fsp3) is 0.571. The van der Waals surface area contributed by atoms with Crippen LogP contribution in [0.25, 0.3) is 0 Å². The van der Waals surface area contributed by atoms with E-state index in [9.17, 15) is 4.79 Å². The number of hydrogen-bond acceptors (Lipinski definition) is 2. The molecule has 0 saturated carbocycles. The summed E-state index contributed by atoms with van der Waals surface area (Å²) in [7, 11) is 0. The Balaban J connectivity index is 3.39. The molecule has 0 aliphatic carbocycles. The molecule has 4 heteroatoms. The van der Waals surface area contributed by atoms with E-state index in [2.05, 4.69) is 27.8 Å². The van der Waals surface area contributed by atoms with Crippen LogP contribution in [0.3, 0.4) is 0 Å². The molecule has 0 radical (unpaired) electrons. The number of nitrogens with one attached hydrogen (secondary N) is 1. The second-order valence-electron chi connectivity index (χ2n) is 2.45. The molecular formula is C7H13BrN2O. The molecule has 0 fully saturated rings. The molecule has 1 amide bonds. The summed E-state index contributed by atoms with van der Waals surface area (Å²) in [6.45, 7) is 6.68. The molecule has 11 heavy (non-hydrogen) atoms. The van der Waals surface area contributed by atoms with Crippen LogP contribution in [0.5, 0.6) is 0 Å². The lowest BCUT2D eigenvalue weighted by Gasteiger charge is -2.07. The predicted octanol–water partition coefficient (Wildman–Crippen LogP) is 0.606. The van der Waals surface area contributed by atoms with Crippen LogP contribution >= 0.6 is 15.9 Å². The highest BCUT2D eigenvalue weighted by Gasteiger charge is 2.06. The molecule has 0 aliphatic rings. The summed E-state index contributed by atoms with van der Waals surface area (Å²) in [5.41, 5.74) is 5.04. The van der Waals surface area contributed by atoms with Gasteiger partial charge in [-0.05, 0) is 0 Å². The van der Waals surface area contributed by atoms with Crippen molar-refractivity contribution in [2.45, 2.75) is 6.92 Å². The van der Waals surface area contributed by atoms with Gasteiger partial charge in [0.05, 0.1) is 0 Å². The molecule has 0 aliphatic heterocycles. The van der Waals surface area contributed by atoms with Crippen LogP contribution in [0.2, 0.25) is 0 Å². The second kappa shape index (κ2) is 5.32. The van der Waals surface area contributed by atoms with Crippen LogP contribution in [0, 0.1) is 5.92 Å². The standard InChI is InChI=1S/C7H13BrN2O/c1-5(7(9)11)3-10-4-6(2)8/h5,10H,2-4H2,1H3,(H2,9,11). The molecule has 1 atom stereocenters. The Morgan fingerprint density at radius 3 is 2.73 bits per heavy atom. The van der Waals surface area contributed by atoms with E-state index in [-0.39, 0.29) is 11.8 Å². The van der Waals surface area contributed by atoms with Crippen LogP contribution in [0.15, 0.2) is 11.1 Å². The van der Waals surface area contributed by atoms with Gasteiger partial charge in [0.15, 0.2) is 0 Å².